The summed E-state index contributed by atoms with van der Waals surface area (Å²) in [7, 11) is 0. The van der Waals surface area contributed by atoms with Gasteiger partial charge in [0.2, 0.25) is 0 Å². The molecule has 1 aromatic carbocycles. The van der Waals surface area contributed by atoms with Gasteiger partial charge in [-0.15, -0.1) is 0 Å². The van der Waals surface area contributed by atoms with E-state index < -0.39 is 5.97 Å². The van der Waals surface area contributed by atoms with Crippen LogP contribution in [0.3, 0.4) is 0 Å². The first kappa shape index (κ1) is 23.7. The van der Waals surface area contributed by atoms with Gasteiger partial charge in [0, 0.05) is 12.1 Å². The first-order chi connectivity index (χ1) is 15.8. The van der Waals surface area contributed by atoms with Gasteiger partial charge in [0.1, 0.15) is 5.75 Å². The molecule has 33 heavy (non-hydrogen) atoms. The van der Waals surface area contributed by atoms with Gasteiger partial charge in [0.25, 0.3) is 0 Å². The Morgan fingerprint density at radius 2 is 1.79 bits per heavy atom. The first-order valence-electron chi connectivity index (χ1n) is 12.4. The van der Waals surface area contributed by atoms with Crippen LogP contribution in [-0.2, 0) is 11.3 Å². The Bertz CT molecular complexity index is 919. The molecule has 2 fully saturated rings. The number of aromatic nitrogens is 1. The number of nitrogens with zero attached hydrogens (tertiary/aromatic N) is 2. The fraction of sp³-hybridized carbons (Fsp3) is 0.571. The summed E-state index contributed by atoms with van der Waals surface area (Å²) in [5.74, 6) is 0.794. The minimum absolute atomic E-state index is 0.189. The molecule has 1 aromatic heterocycles. The predicted molar refractivity (Wildman–Crippen MR) is 131 cm³/mol. The zero-order chi connectivity index (χ0) is 23.4. The van der Waals surface area contributed by atoms with Gasteiger partial charge in [0.15, 0.2) is 0 Å². The van der Waals surface area contributed by atoms with E-state index >= 15 is 0 Å². The van der Waals surface area contributed by atoms with Gasteiger partial charge >= 0.3 is 5.97 Å². The van der Waals surface area contributed by atoms with Crippen LogP contribution >= 0.6 is 0 Å². The summed E-state index contributed by atoms with van der Waals surface area (Å²) >= 11 is 0. The van der Waals surface area contributed by atoms with E-state index in [4.69, 9.17) is 4.74 Å². The van der Waals surface area contributed by atoms with Crippen LogP contribution in [0.2, 0.25) is 0 Å². The number of rotatable bonds is 6. The third-order valence-corrected chi connectivity index (χ3v) is 7.50. The number of hydrogen-bond donors (Lipinski definition) is 1. The number of aliphatic carboxylic acids is 1. The highest BCUT2D eigenvalue weighted by molar-refractivity contribution is 5.70. The van der Waals surface area contributed by atoms with Gasteiger partial charge < -0.3 is 9.84 Å². The average Bonchev–Trinajstić information content (AvgIpc) is 2.80. The Hall–Kier alpha value is -2.40. The molecule has 2 aromatic rings. The molecule has 1 saturated heterocycles. The van der Waals surface area contributed by atoms with Crippen molar-refractivity contribution < 1.29 is 14.6 Å². The molecule has 4 rings (SSSR count). The van der Waals surface area contributed by atoms with E-state index in [1.54, 1.807) is 0 Å². The number of likely N-dealkylation sites (tertiary alicyclic amines) is 1. The molecule has 0 amide bonds. The van der Waals surface area contributed by atoms with E-state index in [1.165, 1.54) is 18.4 Å². The normalized spacial score (nSPS) is 22.8. The SMILES string of the molecule is CC(C)(C)[C@H]1CC[C@H](Oc2ccc(-c3cccc(CN4CCC(C(=O)O)CC4)c3)nc2)CC1. The molecule has 1 aliphatic carbocycles. The van der Waals surface area contributed by atoms with E-state index in [2.05, 4.69) is 54.9 Å². The van der Waals surface area contributed by atoms with Crippen LogP contribution in [0.25, 0.3) is 11.3 Å². The Labute approximate surface area is 198 Å². The summed E-state index contributed by atoms with van der Waals surface area (Å²) < 4.78 is 6.25. The third-order valence-electron chi connectivity index (χ3n) is 7.50. The summed E-state index contributed by atoms with van der Waals surface area (Å²) in [4.78, 5) is 18.2. The number of hydrogen-bond acceptors (Lipinski definition) is 4. The average molecular weight is 451 g/mol. The smallest absolute Gasteiger partial charge is 0.306 e. The Kier molecular flexibility index (Phi) is 7.38. The molecule has 178 valence electrons. The molecule has 0 spiro atoms. The van der Waals surface area contributed by atoms with E-state index in [-0.39, 0.29) is 5.92 Å². The van der Waals surface area contributed by atoms with Crippen molar-refractivity contribution >= 4 is 5.97 Å². The molecule has 0 atom stereocenters. The van der Waals surface area contributed by atoms with Crippen molar-refractivity contribution in [2.45, 2.75) is 71.9 Å². The summed E-state index contributed by atoms with van der Waals surface area (Å²) in [5.41, 5.74) is 3.67. The first-order valence-corrected chi connectivity index (χ1v) is 12.4. The zero-order valence-electron chi connectivity index (χ0n) is 20.3. The molecule has 1 N–H and O–H groups in total. The molecule has 2 aliphatic rings. The summed E-state index contributed by atoms with van der Waals surface area (Å²) in [6.45, 7) is 9.55. The highest BCUT2D eigenvalue weighted by atomic mass is 16.5. The second-order valence-corrected chi connectivity index (χ2v) is 10.9. The van der Waals surface area contributed by atoms with Crippen LogP contribution in [0.5, 0.6) is 5.75 Å². The van der Waals surface area contributed by atoms with Crippen LogP contribution in [0.4, 0.5) is 0 Å². The fourth-order valence-corrected chi connectivity index (χ4v) is 5.29. The highest BCUT2D eigenvalue weighted by Gasteiger charge is 2.30. The second kappa shape index (κ2) is 10.3. The molecule has 0 unspecified atom stereocenters. The van der Waals surface area contributed by atoms with E-state index in [9.17, 15) is 9.90 Å². The van der Waals surface area contributed by atoms with Gasteiger partial charge in [0.05, 0.1) is 23.9 Å². The second-order valence-electron chi connectivity index (χ2n) is 10.9. The minimum atomic E-state index is -0.660. The van der Waals surface area contributed by atoms with E-state index in [1.807, 2.05) is 18.3 Å². The van der Waals surface area contributed by atoms with Crippen LogP contribution in [-0.4, -0.2) is 40.2 Å². The summed E-state index contributed by atoms with van der Waals surface area (Å²) in [6, 6.07) is 12.6. The van der Waals surface area contributed by atoms with Crippen molar-refractivity contribution in [3.05, 3.63) is 48.2 Å². The molecule has 1 aliphatic heterocycles. The number of carbonyl (C=O) groups is 1. The van der Waals surface area contributed by atoms with Crippen molar-refractivity contribution in [3.8, 4) is 17.0 Å². The van der Waals surface area contributed by atoms with Gasteiger partial charge in [-0.2, -0.15) is 0 Å². The number of benzene rings is 1. The quantitative estimate of drug-likeness (QED) is 0.582. The van der Waals surface area contributed by atoms with Gasteiger partial charge in [-0.3, -0.25) is 14.7 Å². The number of ether oxygens (including phenoxy) is 1. The molecule has 0 radical (unpaired) electrons. The Morgan fingerprint density at radius 1 is 1.06 bits per heavy atom. The molecule has 0 bridgehead atoms. The van der Waals surface area contributed by atoms with Crippen LogP contribution in [0.1, 0.15) is 64.9 Å². The van der Waals surface area contributed by atoms with Crippen molar-refractivity contribution in [2.75, 3.05) is 13.1 Å². The van der Waals surface area contributed by atoms with Crippen molar-refractivity contribution in [3.63, 3.8) is 0 Å². The zero-order valence-corrected chi connectivity index (χ0v) is 20.3. The van der Waals surface area contributed by atoms with Crippen LogP contribution in [0, 0.1) is 17.3 Å². The lowest BCUT2D eigenvalue weighted by molar-refractivity contribution is -0.143. The lowest BCUT2D eigenvalue weighted by Gasteiger charge is -2.36. The topological polar surface area (TPSA) is 62.7 Å². The maximum absolute atomic E-state index is 11.2. The molecular formula is C28H38N2O3. The van der Waals surface area contributed by atoms with E-state index in [0.717, 1.165) is 68.2 Å². The minimum Gasteiger partial charge on any atom is -0.489 e. The lowest BCUT2D eigenvalue weighted by atomic mass is 9.72. The van der Waals surface area contributed by atoms with E-state index in [0.29, 0.717) is 11.5 Å². The van der Waals surface area contributed by atoms with Crippen molar-refractivity contribution in [2.24, 2.45) is 17.3 Å². The third kappa shape index (κ3) is 6.35. The number of carboxylic acids is 1. The van der Waals surface area contributed by atoms with Crippen LogP contribution in [0.15, 0.2) is 42.6 Å². The predicted octanol–water partition coefficient (Wildman–Crippen LogP) is 6.03. The Balaban J connectivity index is 1.31. The molecular weight excluding hydrogens is 412 g/mol. The highest BCUT2D eigenvalue weighted by Crippen LogP contribution is 2.38. The van der Waals surface area contributed by atoms with Crippen molar-refractivity contribution in [1.82, 2.24) is 9.88 Å². The summed E-state index contributed by atoms with van der Waals surface area (Å²) in [5, 5.41) is 9.19. The molecule has 5 heteroatoms. The summed E-state index contributed by atoms with van der Waals surface area (Å²) in [6.07, 6.45) is 8.33. The monoisotopic (exact) mass is 450 g/mol. The number of carboxylic acid groups (broad SMARTS) is 1. The maximum Gasteiger partial charge on any atom is 0.306 e. The lowest BCUT2D eigenvalue weighted by Crippen LogP contribution is -2.35. The van der Waals surface area contributed by atoms with Gasteiger partial charge in [-0.1, -0.05) is 39.0 Å². The maximum atomic E-state index is 11.2. The number of piperidine rings is 1. The van der Waals surface area contributed by atoms with Gasteiger partial charge in [-0.05, 0) is 86.7 Å². The molecule has 5 nitrogen and oxygen atoms in total. The largest absolute Gasteiger partial charge is 0.489 e. The van der Waals surface area contributed by atoms with Crippen LogP contribution < -0.4 is 4.74 Å². The molecule has 2 heterocycles. The number of pyridine rings is 1. The fourth-order valence-electron chi connectivity index (χ4n) is 5.29. The van der Waals surface area contributed by atoms with Gasteiger partial charge in [-0.25, -0.2) is 0 Å². The standard InChI is InChI=1S/C28H38N2O3/c1-28(2,3)23-7-9-24(10-8-23)33-25-11-12-26(29-18-25)22-6-4-5-20(17-22)19-30-15-13-21(14-16-30)27(31)32/h4-6,11-12,17-18,21,23-24H,7-10,13-16,19H2,1-3H3,(H,31,32)/t23-,24-. The van der Waals surface area contributed by atoms with Crippen molar-refractivity contribution in [1.29, 1.82) is 0 Å². The Morgan fingerprint density at radius 3 is 2.39 bits per heavy atom. The molecule has 1 saturated carbocycles.